The fraction of sp³-hybridized carbons (Fsp3) is 0.500. The summed E-state index contributed by atoms with van der Waals surface area (Å²) in [6.07, 6.45) is 0. The first-order chi connectivity index (χ1) is 2.27. The molecule has 0 aromatic heterocycles. The Morgan fingerprint density at radius 2 is 2.00 bits per heavy atom. The highest BCUT2D eigenvalue weighted by atomic mass is 79.9. The van der Waals surface area contributed by atoms with Gasteiger partial charge in [0.15, 0.2) is 0 Å². The Labute approximate surface area is 47.5 Å². The molecule has 0 aromatic rings. The van der Waals surface area contributed by atoms with Crippen LogP contribution >= 0.6 is 31.9 Å². The number of hydrogen-bond donors (Lipinski definition) is 1. The van der Waals surface area contributed by atoms with E-state index in [2.05, 4.69) is 31.9 Å². The van der Waals surface area contributed by atoms with Crippen molar-refractivity contribution >= 4 is 36.5 Å². The molecule has 5 heavy (non-hydrogen) atoms. The Morgan fingerprint density at radius 1 is 1.80 bits per heavy atom. The SMILES string of the molecule is N=C(Br)CBr. The molecule has 0 atom stereocenters. The Balaban J connectivity index is 2.85. The van der Waals surface area contributed by atoms with E-state index in [1.54, 1.807) is 0 Å². The molecule has 0 heterocycles. The van der Waals surface area contributed by atoms with Gasteiger partial charge in [-0.1, -0.05) is 15.9 Å². The predicted octanol–water partition coefficient (Wildman–Crippen LogP) is 1.75. The zero-order valence-corrected chi connectivity index (χ0v) is 5.64. The summed E-state index contributed by atoms with van der Waals surface area (Å²) >= 11 is 5.95. The van der Waals surface area contributed by atoms with E-state index in [-0.39, 0.29) is 0 Å². The van der Waals surface area contributed by atoms with E-state index in [1.165, 1.54) is 0 Å². The van der Waals surface area contributed by atoms with Crippen molar-refractivity contribution in [2.24, 2.45) is 0 Å². The second-order valence-corrected chi connectivity index (χ2v) is 2.06. The summed E-state index contributed by atoms with van der Waals surface area (Å²) in [5, 5.41) is 7.23. The van der Waals surface area contributed by atoms with Crippen molar-refractivity contribution < 1.29 is 0 Å². The van der Waals surface area contributed by atoms with Gasteiger partial charge in [-0.15, -0.1) is 0 Å². The van der Waals surface area contributed by atoms with Crippen LogP contribution in [0.25, 0.3) is 0 Å². The van der Waals surface area contributed by atoms with Gasteiger partial charge in [0.05, 0.1) is 9.95 Å². The first-order valence-corrected chi connectivity index (χ1v) is 2.97. The van der Waals surface area contributed by atoms with Gasteiger partial charge in [-0.05, 0) is 15.9 Å². The fourth-order valence-electron chi connectivity index (χ4n) is 0. The van der Waals surface area contributed by atoms with Crippen LogP contribution in [-0.2, 0) is 0 Å². The van der Waals surface area contributed by atoms with Crippen molar-refractivity contribution in [2.75, 3.05) is 5.33 Å². The maximum Gasteiger partial charge on any atom is 0.0845 e. The predicted molar refractivity (Wildman–Crippen MR) is 30.4 cm³/mol. The van der Waals surface area contributed by atoms with Crippen LogP contribution in [0.2, 0.25) is 0 Å². The molecule has 0 aromatic carbocycles. The molecular formula is C2H3Br2N. The molecule has 0 aliphatic rings. The maximum absolute atomic E-state index is 6.61. The van der Waals surface area contributed by atoms with Crippen LogP contribution in [0.1, 0.15) is 0 Å². The monoisotopic (exact) mass is 199 g/mol. The summed E-state index contributed by atoms with van der Waals surface area (Å²) in [5.41, 5.74) is 0. The highest BCUT2D eigenvalue weighted by molar-refractivity contribution is 9.19. The quantitative estimate of drug-likeness (QED) is 0.493. The molecular weight excluding hydrogens is 198 g/mol. The summed E-state index contributed by atoms with van der Waals surface area (Å²) in [6, 6.07) is 0. The number of hydrogen-bond acceptors (Lipinski definition) is 1. The normalized spacial score (nSPS) is 7.60. The third-order valence-corrected chi connectivity index (χ3v) is 1.71. The van der Waals surface area contributed by atoms with Crippen molar-refractivity contribution in [3.8, 4) is 0 Å². The average Bonchev–Trinajstić information content (AvgIpc) is 1.38. The molecule has 1 nitrogen and oxygen atoms in total. The van der Waals surface area contributed by atoms with Gasteiger partial charge in [-0.2, -0.15) is 0 Å². The molecule has 0 aliphatic carbocycles. The molecule has 1 N–H and O–H groups in total. The van der Waals surface area contributed by atoms with E-state index in [1.807, 2.05) is 0 Å². The lowest BCUT2D eigenvalue weighted by Crippen LogP contribution is -1.77. The number of nitrogens with one attached hydrogen (secondary N) is 1. The minimum atomic E-state index is 0.484. The first-order valence-electron chi connectivity index (χ1n) is 1.06. The molecule has 0 amide bonds. The minimum absolute atomic E-state index is 0.484. The standard InChI is InChI=1S/C2H3Br2N/c3-1-2(4)5/h5H,1H2. The molecule has 0 spiro atoms. The number of rotatable bonds is 1. The largest absolute Gasteiger partial charge is 0.297 e. The average molecular weight is 201 g/mol. The number of halogens is 2. The lowest BCUT2D eigenvalue weighted by molar-refractivity contribution is 1.55. The third-order valence-electron chi connectivity index (χ3n) is 0.117. The van der Waals surface area contributed by atoms with Crippen LogP contribution in [0.3, 0.4) is 0 Å². The zero-order chi connectivity index (χ0) is 4.28. The van der Waals surface area contributed by atoms with Gasteiger partial charge >= 0.3 is 0 Å². The van der Waals surface area contributed by atoms with E-state index >= 15 is 0 Å². The lowest BCUT2D eigenvalue weighted by atomic mass is 10.9. The fourth-order valence-corrected chi connectivity index (χ4v) is 0. The molecule has 0 saturated carbocycles. The zero-order valence-electron chi connectivity index (χ0n) is 2.46. The molecule has 0 aliphatic heterocycles. The molecule has 0 bridgehead atoms. The van der Waals surface area contributed by atoms with Gasteiger partial charge in [0.2, 0.25) is 0 Å². The summed E-state index contributed by atoms with van der Waals surface area (Å²) in [7, 11) is 0. The van der Waals surface area contributed by atoms with Gasteiger partial charge in [0.1, 0.15) is 0 Å². The molecule has 3 heteroatoms. The van der Waals surface area contributed by atoms with Crippen LogP contribution in [0, 0.1) is 5.41 Å². The van der Waals surface area contributed by atoms with Crippen LogP contribution in [0.5, 0.6) is 0 Å². The van der Waals surface area contributed by atoms with Crippen LogP contribution in [0.15, 0.2) is 0 Å². The second-order valence-electron chi connectivity index (χ2n) is 0.539. The summed E-state index contributed by atoms with van der Waals surface area (Å²) in [4.78, 5) is 0. The minimum Gasteiger partial charge on any atom is -0.297 e. The summed E-state index contributed by atoms with van der Waals surface area (Å²) < 4.78 is 0.484. The molecule has 0 rings (SSSR count). The van der Waals surface area contributed by atoms with Crippen molar-refractivity contribution in [3.63, 3.8) is 0 Å². The van der Waals surface area contributed by atoms with Gasteiger partial charge in [0, 0.05) is 0 Å². The third kappa shape index (κ3) is 4.63. The second kappa shape index (κ2) is 2.85. The van der Waals surface area contributed by atoms with Crippen molar-refractivity contribution in [1.82, 2.24) is 0 Å². The van der Waals surface area contributed by atoms with Gasteiger partial charge in [0.25, 0.3) is 0 Å². The number of alkyl halides is 1. The molecule has 0 unspecified atom stereocenters. The van der Waals surface area contributed by atoms with Gasteiger partial charge in [-0.25, -0.2) is 0 Å². The van der Waals surface area contributed by atoms with Crippen molar-refractivity contribution in [2.45, 2.75) is 0 Å². The summed E-state index contributed by atoms with van der Waals surface area (Å²) in [6.45, 7) is 0. The van der Waals surface area contributed by atoms with Gasteiger partial charge < -0.3 is 0 Å². The van der Waals surface area contributed by atoms with Crippen LogP contribution in [-0.4, -0.2) is 9.95 Å². The molecule has 0 fully saturated rings. The molecule has 30 valence electrons. The Hall–Kier alpha value is 0.630. The summed E-state index contributed by atoms with van der Waals surface area (Å²) in [5.74, 6) is 0. The topological polar surface area (TPSA) is 23.9 Å². The van der Waals surface area contributed by atoms with E-state index in [0.29, 0.717) is 9.95 Å². The Kier molecular flexibility index (Phi) is 3.20. The Bertz CT molecular complexity index is 42.9. The smallest absolute Gasteiger partial charge is 0.0845 e. The molecule has 0 radical (unpaired) electrons. The highest BCUT2D eigenvalue weighted by Gasteiger charge is 1.75. The van der Waals surface area contributed by atoms with Crippen LogP contribution in [0.4, 0.5) is 0 Å². The maximum atomic E-state index is 6.61. The van der Waals surface area contributed by atoms with Crippen molar-refractivity contribution in [1.29, 1.82) is 5.41 Å². The Morgan fingerprint density at radius 3 is 2.00 bits per heavy atom. The molecule has 0 saturated heterocycles. The van der Waals surface area contributed by atoms with E-state index in [4.69, 9.17) is 5.41 Å². The van der Waals surface area contributed by atoms with Crippen LogP contribution < -0.4 is 0 Å². The van der Waals surface area contributed by atoms with E-state index in [9.17, 15) is 0 Å². The van der Waals surface area contributed by atoms with E-state index in [0.717, 1.165) is 0 Å². The van der Waals surface area contributed by atoms with Crippen molar-refractivity contribution in [3.05, 3.63) is 0 Å². The van der Waals surface area contributed by atoms with Gasteiger partial charge in [-0.3, -0.25) is 5.41 Å². The van der Waals surface area contributed by atoms with E-state index < -0.39 is 0 Å². The lowest BCUT2D eigenvalue weighted by Gasteiger charge is -1.72. The highest BCUT2D eigenvalue weighted by Crippen LogP contribution is 1.88. The first kappa shape index (κ1) is 5.63.